The van der Waals surface area contributed by atoms with Crippen molar-refractivity contribution in [2.75, 3.05) is 7.11 Å². The molecule has 0 N–H and O–H groups in total. The van der Waals surface area contributed by atoms with Gasteiger partial charge in [-0.15, -0.1) is 0 Å². The molecule has 0 aliphatic rings. The van der Waals surface area contributed by atoms with Crippen molar-refractivity contribution in [3.63, 3.8) is 0 Å². The van der Waals surface area contributed by atoms with Gasteiger partial charge in [-0.25, -0.2) is 0 Å². The molecule has 0 spiro atoms. The largest absolute Gasteiger partial charge is 0.497 e. The quantitative estimate of drug-likeness (QED) is 0.657. The summed E-state index contributed by atoms with van der Waals surface area (Å²) >= 11 is 3.79. The SMILES string of the molecule is COc1cccc(CC(Br)c2ccc(C(C)C)cc2)c1. The minimum Gasteiger partial charge on any atom is -0.497 e. The molecular weight excluding hydrogens is 312 g/mol. The normalized spacial score (nSPS) is 12.4. The van der Waals surface area contributed by atoms with Crippen LogP contribution in [-0.2, 0) is 6.42 Å². The molecule has 106 valence electrons. The number of benzene rings is 2. The van der Waals surface area contributed by atoms with Crippen molar-refractivity contribution in [3.05, 3.63) is 65.2 Å². The average Bonchev–Trinajstić information content (AvgIpc) is 2.47. The Hall–Kier alpha value is -1.28. The zero-order valence-corrected chi connectivity index (χ0v) is 13.9. The van der Waals surface area contributed by atoms with Crippen LogP contribution in [0.25, 0.3) is 0 Å². The average molecular weight is 333 g/mol. The standard InChI is InChI=1S/C18H21BrO/c1-13(2)15-7-9-16(10-8-15)18(19)12-14-5-4-6-17(11-14)20-3/h4-11,13,18H,12H2,1-3H3. The van der Waals surface area contributed by atoms with Crippen molar-refractivity contribution in [2.45, 2.75) is 31.0 Å². The fourth-order valence-electron chi connectivity index (χ4n) is 2.21. The molecular formula is C18H21BrO. The van der Waals surface area contributed by atoms with Gasteiger partial charge in [-0.1, -0.05) is 66.2 Å². The maximum Gasteiger partial charge on any atom is 0.119 e. The first-order valence-electron chi connectivity index (χ1n) is 6.97. The van der Waals surface area contributed by atoms with E-state index in [9.17, 15) is 0 Å². The van der Waals surface area contributed by atoms with Crippen LogP contribution < -0.4 is 4.74 Å². The Morgan fingerprint density at radius 2 is 1.65 bits per heavy atom. The Balaban J connectivity index is 2.08. The summed E-state index contributed by atoms with van der Waals surface area (Å²) in [5.41, 5.74) is 3.98. The second kappa shape index (κ2) is 6.94. The van der Waals surface area contributed by atoms with E-state index in [0.29, 0.717) is 10.7 Å². The lowest BCUT2D eigenvalue weighted by Gasteiger charge is -2.13. The molecule has 0 saturated heterocycles. The zero-order valence-electron chi connectivity index (χ0n) is 12.3. The monoisotopic (exact) mass is 332 g/mol. The van der Waals surface area contributed by atoms with Gasteiger partial charge in [0.2, 0.25) is 0 Å². The van der Waals surface area contributed by atoms with Crippen molar-refractivity contribution < 1.29 is 4.74 Å². The highest BCUT2D eigenvalue weighted by Gasteiger charge is 2.09. The van der Waals surface area contributed by atoms with E-state index in [2.05, 4.69) is 66.2 Å². The summed E-state index contributed by atoms with van der Waals surface area (Å²) in [5.74, 6) is 1.49. The molecule has 0 radical (unpaired) electrons. The molecule has 0 heterocycles. The predicted octanol–water partition coefficient (Wildman–Crippen LogP) is 5.50. The highest BCUT2D eigenvalue weighted by atomic mass is 79.9. The van der Waals surface area contributed by atoms with Crippen molar-refractivity contribution in [1.29, 1.82) is 0 Å². The van der Waals surface area contributed by atoms with Gasteiger partial charge in [-0.3, -0.25) is 0 Å². The number of hydrogen-bond donors (Lipinski definition) is 0. The Morgan fingerprint density at radius 1 is 1.00 bits per heavy atom. The van der Waals surface area contributed by atoms with E-state index in [-0.39, 0.29) is 0 Å². The molecule has 20 heavy (non-hydrogen) atoms. The summed E-state index contributed by atoms with van der Waals surface area (Å²) in [6, 6.07) is 17.1. The van der Waals surface area contributed by atoms with Crippen LogP contribution in [0.1, 0.15) is 41.3 Å². The highest BCUT2D eigenvalue weighted by molar-refractivity contribution is 9.09. The molecule has 2 aromatic rings. The Bertz CT molecular complexity index is 546. The van der Waals surface area contributed by atoms with Crippen molar-refractivity contribution in [2.24, 2.45) is 0 Å². The fourth-order valence-corrected chi connectivity index (χ4v) is 2.89. The lowest BCUT2D eigenvalue weighted by molar-refractivity contribution is 0.414. The van der Waals surface area contributed by atoms with Gasteiger partial charge in [-0.05, 0) is 41.2 Å². The van der Waals surface area contributed by atoms with Gasteiger partial charge >= 0.3 is 0 Å². The molecule has 0 amide bonds. The number of ether oxygens (including phenoxy) is 1. The lowest BCUT2D eigenvalue weighted by Crippen LogP contribution is -1.97. The first kappa shape index (κ1) is 15.1. The maximum atomic E-state index is 5.27. The van der Waals surface area contributed by atoms with E-state index in [1.807, 2.05) is 12.1 Å². The van der Waals surface area contributed by atoms with Gasteiger partial charge < -0.3 is 4.74 Å². The van der Waals surface area contributed by atoms with E-state index < -0.39 is 0 Å². The molecule has 2 aromatic carbocycles. The first-order chi connectivity index (χ1) is 9.60. The Kier molecular flexibility index (Phi) is 5.24. The molecule has 1 unspecified atom stereocenters. The Morgan fingerprint density at radius 3 is 2.25 bits per heavy atom. The van der Waals surface area contributed by atoms with E-state index in [1.165, 1.54) is 16.7 Å². The smallest absolute Gasteiger partial charge is 0.119 e. The van der Waals surface area contributed by atoms with E-state index in [0.717, 1.165) is 12.2 Å². The van der Waals surface area contributed by atoms with Gasteiger partial charge in [0.05, 0.1) is 7.11 Å². The van der Waals surface area contributed by atoms with Crippen LogP contribution in [0.3, 0.4) is 0 Å². The van der Waals surface area contributed by atoms with Crippen LogP contribution in [0, 0.1) is 0 Å². The minimum atomic E-state index is 0.329. The number of rotatable bonds is 5. The van der Waals surface area contributed by atoms with Crippen molar-refractivity contribution in [3.8, 4) is 5.75 Å². The van der Waals surface area contributed by atoms with Crippen LogP contribution in [0.5, 0.6) is 5.75 Å². The summed E-state index contributed by atoms with van der Waals surface area (Å²) < 4.78 is 5.27. The van der Waals surface area contributed by atoms with Crippen LogP contribution >= 0.6 is 15.9 Å². The fraction of sp³-hybridized carbons (Fsp3) is 0.333. The third kappa shape index (κ3) is 3.86. The van der Waals surface area contributed by atoms with Crippen LogP contribution in [0.2, 0.25) is 0 Å². The van der Waals surface area contributed by atoms with Crippen LogP contribution in [0.4, 0.5) is 0 Å². The second-order valence-corrected chi connectivity index (χ2v) is 6.45. The first-order valence-corrected chi connectivity index (χ1v) is 7.88. The molecule has 0 fully saturated rings. The van der Waals surface area contributed by atoms with E-state index in [1.54, 1.807) is 7.11 Å². The number of hydrogen-bond acceptors (Lipinski definition) is 1. The molecule has 0 bridgehead atoms. The van der Waals surface area contributed by atoms with Gasteiger partial charge in [-0.2, -0.15) is 0 Å². The third-order valence-corrected chi connectivity index (χ3v) is 4.37. The number of halogens is 1. The topological polar surface area (TPSA) is 9.23 Å². The lowest BCUT2D eigenvalue weighted by atomic mass is 9.99. The molecule has 0 saturated carbocycles. The number of alkyl halides is 1. The number of methoxy groups -OCH3 is 1. The summed E-state index contributed by atoms with van der Waals surface area (Å²) in [4.78, 5) is 0.329. The Labute approximate surface area is 130 Å². The molecule has 1 nitrogen and oxygen atoms in total. The summed E-state index contributed by atoms with van der Waals surface area (Å²) in [5, 5.41) is 0. The third-order valence-electron chi connectivity index (χ3n) is 3.51. The summed E-state index contributed by atoms with van der Waals surface area (Å²) in [6.45, 7) is 4.44. The molecule has 2 heteroatoms. The molecule has 0 aliphatic heterocycles. The van der Waals surface area contributed by atoms with Crippen LogP contribution in [-0.4, -0.2) is 7.11 Å². The second-order valence-electron chi connectivity index (χ2n) is 5.34. The minimum absolute atomic E-state index is 0.329. The summed E-state index contributed by atoms with van der Waals surface area (Å²) in [7, 11) is 1.70. The highest BCUT2D eigenvalue weighted by Crippen LogP contribution is 2.29. The summed E-state index contributed by atoms with van der Waals surface area (Å²) in [6.07, 6.45) is 0.957. The van der Waals surface area contributed by atoms with Crippen molar-refractivity contribution >= 4 is 15.9 Å². The van der Waals surface area contributed by atoms with Gasteiger partial charge in [0, 0.05) is 4.83 Å². The van der Waals surface area contributed by atoms with Gasteiger partial charge in [0.25, 0.3) is 0 Å². The molecule has 0 aliphatic carbocycles. The molecule has 2 rings (SSSR count). The zero-order chi connectivity index (χ0) is 14.5. The van der Waals surface area contributed by atoms with Crippen molar-refractivity contribution in [1.82, 2.24) is 0 Å². The van der Waals surface area contributed by atoms with E-state index in [4.69, 9.17) is 4.74 Å². The van der Waals surface area contributed by atoms with E-state index >= 15 is 0 Å². The van der Waals surface area contributed by atoms with Crippen LogP contribution in [0.15, 0.2) is 48.5 Å². The molecule has 0 aromatic heterocycles. The maximum absolute atomic E-state index is 5.27. The van der Waals surface area contributed by atoms with Gasteiger partial charge in [0.15, 0.2) is 0 Å². The predicted molar refractivity (Wildman–Crippen MR) is 88.9 cm³/mol. The van der Waals surface area contributed by atoms with Gasteiger partial charge in [0.1, 0.15) is 5.75 Å². The molecule has 1 atom stereocenters.